The van der Waals surface area contributed by atoms with Crippen molar-refractivity contribution in [3.63, 3.8) is 0 Å². The highest BCUT2D eigenvalue weighted by Gasteiger charge is 2.35. The van der Waals surface area contributed by atoms with Crippen molar-refractivity contribution in [2.24, 2.45) is 0 Å². The Morgan fingerprint density at radius 1 is 1.53 bits per heavy atom. The minimum atomic E-state index is -1.49. The van der Waals surface area contributed by atoms with Crippen LogP contribution in [0.15, 0.2) is 24.7 Å². The average Bonchev–Trinajstić information content (AvgIpc) is 2.74. The summed E-state index contributed by atoms with van der Waals surface area (Å²) in [7, 11) is 0. The van der Waals surface area contributed by atoms with E-state index in [-0.39, 0.29) is 0 Å². The maximum Gasteiger partial charge on any atom is 0.333 e. The van der Waals surface area contributed by atoms with Gasteiger partial charge in [0.1, 0.15) is 0 Å². The monoisotopic (exact) mass is 235 g/mol. The maximum atomic E-state index is 10.8. The molecule has 0 aliphatic rings. The Hall–Kier alpha value is -1.95. The Labute approximate surface area is 97.5 Å². The number of aliphatic hydroxyl groups is 1. The number of carboxylic acid groups (broad SMARTS) is 1. The van der Waals surface area contributed by atoms with Gasteiger partial charge in [0.2, 0.25) is 0 Å². The second-order valence-electron chi connectivity index (χ2n) is 4.44. The number of aliphatic hydroxyl groups excluding tert-OH is 1. The molecule has 2 aromatic rings. The largest absolute Gasteiger partial charge is 0.479 e. The Balaban J connectivity index is 2.47. The van der Waals surface area contributed by atoms with Crippen LogP contribution < -0.4 is 0 Å². The average molecular weight is 235 g/mol. The van der Waals surface area contributed by atoms with Gasteiger partial charge >= 0.3 is 5.97 Å². The molecular weight excluding hydrogens is 222 g/mol. The van der Waals surface area contributed by atoms with E-state index in [1.165, 1.54) is 0 Å². The van der Waals surface area contributed by atoms with Crippen LogP contribution in [0, 0.1) is 0 Å². The molecule has 0 radical (unpaired) electrons. The molecule has 17 heavy (non-hydrogen) atoms. The van der Waals surface area contributed by atoms with E-state index in [2.05, 4.69) is 10.1 Å². The Kier molecular flexibility index (Phi) is 2.59. The molecule has 0 amide bonds. The third-order valence-corrected chi connectivity index (χ3v) is 2.91. The Bertz CT molecular complexity index is 562. The first-order valence-electron chi connectivity index (χ1n) is 5.13. The van der Waals surface area contributed by atoms with Crippen LogP contribution in [0.2, 0.25) is 0 Å². The summed E-state index contributed by atoms with van der Waals surface area (Å²) in [4.78, 5) is 15.0. The standard InChI is InChI=1S/C11H13N3O3/c1-11(2,9(15)10(16)17)7-5-12-8-3-4-13-14(8)6-7/h3-6,9,15H,1-2H3,(H,16,17). The van der Waals surface area contributed by atoms with Gasteiger partial charge < -0.3 is 10.2 Å². The van der Waals surface area contributed by atoms with Crippen LogP contribution in [0.25, 0.3) is 5.65 Å². The molecule has 0 saturated heterocycles. The van der Waals surface area contributed by atoms with Gasteiger partial charge in [0.15, 0.2) is 11.8 Å². The predicted molar refractivity (Wildman–Crippen MR) is 59.7 cm³/mol. The molecule has 90 valence electrons. The summed E-state index contributed by atoms with van der Waals surface area (Å²) < 4.78 is 1.55. The quantitative estimate of drug-likeness (QED) is 0.806. The molecule has 2 heterocycles. The fourth-order valence-electron chi connectivity index (χ4n) is 1.61. The van der Waals surface area contributed by atoms with Crippen LogP contribution in [0.1, 0.15) is 19.4 Å². The predicted octanol–water partition coefficient (Wildman–Crippen LogP) is 0.452. The third-order valence-electron chi connectivity index (χ3n) is 2.91. The van der Waals surface area contributed by atoms with E-state index in [4.69, 9.17) is 5.11 Å². The summed E-state index contributed by atoms with van der Waals surface area (Å²) >= 11 is 0. The zero-order valence-corrected chi connectivity index (χ0v) is 9.53. The van der Waals surface area contributed by atoms with Crippen molar-refractivity contribution in [1.82, 2.24) is 14.6 Å². The number of hydrogen-bond acceptors (Lipinski definition) is 4. The van der Waals surface area contributed by atoms with E-state index in [0.29, 0.717) is 11.2 Å². The number of fused-ring (bicyclic) bond motifs is 1. The van der Waals surface area contributed by atoms with Gasteiger partial charge in [-0.2, -0.15) is 5.10 Å². The first-order valence-corrected chi connectivity index (χ1v) is 5.13. The first kappa shape index (κ1) is 11.5. The van der Waals surface area contributed by atoms with Crippen molar-refractivity contribution >= 4 is 11.6 Å². The van der Waals surface area contributed by atoms with Crippen LogP contribution in [0.3, 0.4) is 0 Å². The van der Waals surface area contributed by atoms with Crippen LogP contribution >= 0.6 is 0 Å². The Morgan fingerprint density at radius 2 is 2.24 bits per heavy atom. The van der Waals surface area contributed by atoms with Gasteiger partial charge in [0, 0.05) is 23.9 Å². The van der Waals surface area contributed by atoms with Crippen LogP contribution in [0.4, 0.5) is 0 Å². The van der Waals surface area contributed by atoms with E-state index in [1.807, 2.05) is 0 Å². The molecule has 2 aromatic heterocycles. The number of hydrogen-bond donors (Lipinski definition) is 2. The summed E-state index contributed by atoms with van der Waals surface area (Å²) in [6.45, 7) is 3.30. The molecule has 1 unspecified atom stereocenters. The fraction of sp³-hybridized carbons (Fsp3) is 0.364. The van der Waals surface area contributed by atoms with Crippen LogP contribution in [-0.2, 0) is 10.2 Å². The van der Waals surface area contributed by atoms with E-state index < -0.39 is 17.5 Å². The molecule has 6 heteroatoms. The second kappa shape index (κ2) is 3.81. The fourth-order valence-corrected chi connectivity index (χ4v) is 1.61. The van der Waals surface area contributed by atoms with Crippen molar-refractivity contribution in [2.75, 3.05) is 0 Å². The van der Waals surface area contributed by atoms with Gasteiger partial charge in [-0.15, -0.1) is 0 Å². The second-order valence-corrected chi connectivity index (χ2v) is 4.44. The highest BCUT2D eigenvalue weighted by Crippen LogP contribution is 2.26. The van der Waals surface area contributed by atoms with Crippen molar-refractivity contribution in [3.05, 3.63) is 30.2 Å². The van der Waals surface area contributed by atoms with Gasteiger partial charge in [0.25, 0.3) is 0 Å². The Morgan fingerprint density at radius 3 is 2.88 bits per heavy atom. The molecule has 2 N–H and O–H groups in total. The highest BCUT2D eigenvalue weighted by atomic mass is 16.4. The molecule has 2 rings (SSSR count). The van der Waals surface area contributed by atoms with E-state index >= 15 is 0 Å². The van der Waals surface area contributed by atoms with E-state index in [0.717, 1.165) is 0 Å². The van der Waals surface area contributed by atoms with Gasteiger partial charge in [0.05, 0.1) is 6.20 Å². The molecular formula is C11H13N3O3. The number of rotatable bonds is 3. The van der Waals surface area contributed by atoms with E-state index in [9.17, 15) is 9.90 Å². The summed E-state index contributed by atoms with van der Waals surface area (Å²) in [5.74, 6) is -1.25. The highest BCUT2D eigenvalue weighted by molar-refractivity contribution is 5.74. The molecule has 0 spiro atoms. The summed E-state index contributed by atoms with van der Waals surface area (Å²) in [5.41, 5.74) is 0.358. The van der Waals surface area contributed by atoms with E-state index in [1.54, 1.807) is 43.0 Å². The third kappa shape index (κ3) is 1.87. The molecule has 0 saturated carbocycles. The van der Waals surface area contributed by atoms with Crippen molar-refractivity contribution in [3.8, 4) is 0 Å². The topological polar surface area (TPSA) is 87.7 Å². The maximum absolute atomic E-state index is 10.8. The SMILES string of the molecule is CC(C)(c1cnc2ccnn2c1)C(O)C(=O)O. The molecule has 0 fully saturated rings. The number of aliphatic carboxylic acids is 1. The zero-order valence-electron chi connectivity index (χ0n) is 9.53. The number of aromatic nitrogens is 3. The van der Waals surface area contributed by atoms with Gasteiger partial charge in [-0.25, -0.2) is 14.3 Å². The lowest BCUT2D eigenvalue weighted by molar-refractivity contribution is -0.150. The zero-order chi connectivity index (χ0) is 12.6. The summed E-state index contributed by atoms with van der Waals surface area (Å²) in [6, 6.07) is 1.74. The number of carboxylic acids is 1. The van der Waals surface area contributed by atoms with Crippen molar-refractivity contribution in [1.29, 1.82) is 0 Å². The first-order chi connectivity index (χ1) is 7.93. The van der Waals surface area contributed by atoms with Crippen LogP contribution in [-0.4, -0.2) is 36.9 Å². The van der Waals surface area contributed by atoms with Crippen molar-refractivity contribution in [2.45, 2.75) is 25.4 Å². The number of carbonyl (C=O) groups is 1. The lowest BCUT2D eigenvalue weighted by atomic mass is 9.81. The normalized spacial score (nSPS) is 13.8. The van der Waals surface area contributed by atoms with Gasteiger partial charge in [-0.05, 0) is 5.56 Å². The molecule has 0 aliphatic heterocycles. The number of nitrogens with zero attached hydrogens (tertiary/aromatic N) is 3. The lowest BCUT2D eigenvalue weighted by Crippen LogP contribution is -2.40. The lowest BCUT2D eigenvalue weighted by Gasteiger charge is -2.27. The molecule has 0 aromatic carbocycles. The van der Waals surface area contributed by atoms with Gasteiger partial charge in [-0.1, -0.05) is 13.8 Å². The van der Waals surface area contributed by atoms with Crippen molar-refractivity contribution < 1.29 is 15.0 Å². The summed E-state index contributed by atoms with van der Waals surface area (Å²) in [6.07, 6.45) is 3.35. The molecule has 0 aliphatic carbocycles. The molecule has 0 bridgehead atoms. The minimum Gasteiger partial charge on any atom is -0.479 e. The van der Waals surface area contributed by atoms with Crippen LogP contribution in [0.5, 0.6) is 0 Å². The van der Waals surface area contributed by atoms with Gasteiger partial charge in [-0.3, -0.25) is 0 Å². The smallest absolute Gasteiger partial charge is 0.333 e. The minimum absolute atomic E-state index is 0.614. The summed E-state index contributed by atoms with van der Waals surface area (Å²) in [5, 5.41) is 22.6. The molecule has 1 atom stereocenters. The molecule has 6 nitrogen and oxygen atoms in total.